The molecule has 2 fully saturated rings. The fourth-order valence-corrected chi connectivity index (χ4v) is 3.48. The van der Waals surface area contributed by atoms with Gasteiger partial charge in [-0.25, -0.2) is 0 Å². The van der Waals surface area contributed by atoms with Gasteiger partial charge in [0.1, 0.15) is 0 Å². The minimum atomic E-state index is 0.181. The molecule has 1 aromatic rings. The zero-order valence-corrected chi connectivity index (χ0v) is 12.7. The topological polar surface area (TPSA) is 23.6 Å². The molecule has 0 bridgehead atoms. The van der Waals surface area contributed by atoms with Gasteiger partial charge in [-0.3, -0.25) is 4.79 Å². The molecule has 0 saturated carbocycles. The first-order valence-corrected chi connectivity index (χ1v) is 8.01. The number of benzene rings is 1. The Morgan fingerprint density at radius 3 is 2.50 bits per heavy atom. The molecule has 0 spiro atoms. The molecule has 1 amide bonds. The number of amides is 1. The van der Waals surface area contributed by atoms with E-state index in [2.05, 4.69) is 22.4 Å². The maximum absolute atomic E-state index is 12.6. The number of carbonyl (C=O) groups is 1. The highest BCUT2D eigenvalue weighted by Crippen LogP contribution is 2.23. The van der Waals surface area contributed by atoms with Crippen LogP contribution in [0.2, 0.25) is 0 Å². The number of rotatable bonds is 3. The summed E-state index contributed by atoms with van der Waals surface area (Å²) in [6.45, 7) is 4.36. The van der Waals surface area contributed by atoms with Gasteiger partial charge < -0.3 is 9.80 Å². The fourth-order valence-electron chi connectivity index (χ4n) is 3.33. The van der Waals surface area contributed by atoms with Crippen LogP contribution in [0, 0.1) is 0 Å². The zero-order chi connectivity index (χ0) is 13.9. The molecule has 3 nitrogen and oxygen atoms in total. The predicted molar refractivity (Wildman–Crippen MR) is 83.4 cm³/mol. The molecule has 2 aliphatic rings. The second kappa shape index (κ2) is 6.19. The molecule has 2 saturated heterocycles. The first-order chi connectivity index (χ1) is 9.74. The fraction of sp³-hybridized carbons (Fsp3) is 0.562. The molecule has 0 aromatic heterocycles. The lowest BCUT2D eigenvalue weighted by atomic mass is 10.1. The van der Waals surface area contributed by atoms with Gasteiger partial charge in [-0.2, -0.15) is 0 Å². The summed E-state index contributed by atoms with van der Waals surface area (Å²) in [4.78, 5) is 18.1. The van der Waals surface area contributed by atoms with E-state index < -0.39 is 0 Å². The van der Waals surface area contributed by atoms with Crippen molar-refractivity contribution in [3.63, 3.8) is 0 Å². The van der Waals surface area contributed by atoms with Crippen LogP contribution in [0.3, 0.4) is 0 Å². The Morgan fingerprint density at radius 2 is 1.80 bits per heavy atom. The predicted octanol–water partition coefficient (Wildman–Crippen LogP) is 2.68. The minimum Gasteiger partial charge on any atom is -0.334 e. The summed E-state index contributed by atoms with van der Waals surface area (Å²) in [5.41, 5.74) is 0.788. The van der Waals surface area contributed by atoms with E-state index >= 15 is 0 Å². The average Bonchev–Trinajstić information content (AvgIpc) is 3.11. The maximum Gasteiger partial charge on any atom is 0.254 e. The van der Waals surface area contributed by atoms with E-state index in [-0.39, 0.29) is 5.91 Å². The molecule has 0 N–H and O–H groups in total. The number of hydrogen-bond acceptors (Lipinski definition) is 3. The molecule has 108 valence electrons. The maximum atomic E-state index is 12.6. The van der Waals surface area contributed by atoms with Crippen LogP contribution in [0.25, 0.3) is 0 Å². The van der Waals surface area contributed by atoms with E-state index in [1.807, 2.05) is 24.3 Å². The van der Waals surface area contributed by atoms with E-state index in [1.165, 1.54) is 25.9 Å². The van der Waals surface area contributed by atoms with Crippen LogP contribution >= 0.6 is 12.6 Å². The van der Waals surface area contributed by atoms with Gasteiger partial charge in [0.05, 0.1) is 0 Å². The Labute approximate surface area is 126 Å². The number of carbonyl (C=O) groups excluding carboxylic acids is 1. The van der Waals surface area contributed by atoms with Crippen molar-refractivity contribution in [3.8, 4) is 0 Å². The lowest BCUT2D eigenvalue weighted by Crippen LogP contribution is -2.42. The number of thiol groups is 1. The molecule has 3 rings (SSSR count). The number of nitrogens with zero attached hydrogens (tertiary/aromatic N) is 2. The van der Waals surface area contributed by atoms with Crippen molar-refractivity contribution in [3.05, 3.63) is 29.8 Å². The molecule has 2 aliphatic heterocycles. The summed E-state index contributed by atoms with van der Waals surface area (Å²) in [5.74, 6) is 0.181. The average molecular weight is 290 g/mol. The van der Waals surface area contributed by atoms with Crippen LogP contribution in [0.5, 0.6) is 0 Å². The van der Waals surface area contributed by atoms with E-state index in [1.54, 1.807) is 0 Å². The second-order valence-electron chi connectivity index (χ2n) is 5.85. The molecule has 0 aliphatic carbocycles. The van der Waals surface area contributed by atoms with Crippen LogP contribution in [0.15, 0.2) is 29.2 Å². The van der Waals surface area contributed by atoms with Gasteiger partial charge in [-0.15, -0.1) is 12.6 Å². The van der Waals surface area contributed by atoms with Gasteiger partial charge in [0.15, 0.2) is 0 Å². The lowest BCUT2D eigenvalue weighted by molar-refractivity contribution is 0.0708. The van der Waals surface area contributed by atoms with E-state index in [0.29, 0.717) is 6.04 Å². The minimum absolute atomic E-state index is 0.181. The summed E-state index contributed by atoms with van der Waals surface area (Å²) < 4.78 is 0. The van der Waals surface area contributed by atoms with Gasteiger partial charge in [0.25, 0.3) is 5.91 Å². The number of hydrogen-bond donors (Lipinski definition) is 1. The molecule has 0 unspecified atom stereocenters. The van der Waals surface area contributed by atoms with Crippen LogP contribution in [0.1, 0.15) is 36.0 Å². The van der Waals surface area contributed by atoms with E-state index in [4.69, 9.17) is 0 Å². The summed E-state index contributed by atoms with van der Waals surface area (Å²) in [7, 11) is 0. The molecule has 1 aromatic carbocycles. The van der Waals surface area contributed by atoms with Gasteiger partial charge in [0.2, 0.25) is 0 Å². The van der Waals surface area contributed by atoms with E-state index in [9.17, 15) is 4.79 Å². The van der Waals surface area contributed by atoms with Crippen LogP contribution < -0.4 is 0 Å². The normalized spacial score (nSPS) is 23.4. The Morgan fingerprint density at radius 1 is 1.10 bits per heavy atom. The van der Waals surface area contributed by atoms with Crippen LogP contribution in [0.4, 0.5) is 0 Å². The molecule has 20 heavy (non-hydrogen) atoms. The summed E-state index contributed by atoms with van der Waals surface area (Å²) >= 11 is 4.27. The third-order valence-corrected chi connectivity index (χ3v) is 4.72. The second-order valence-corrected chi connectivity index (χ2v) is 6.37. The quantitative estimate of drug-likeness (QED) is 0.865. The van der Waals surface area contributed by atoms with Crippen LogP contribution in [-0.4, -0.2) is 47.9 Å². The Kier molecular flexibility index (Phi) is 4.32. The third kappa shape index (κ3) is 3.01. The third-order valence-electron chi connectivity index (χ3n) is 4.42. The molecule has 2 heterocycles. The molecule has 1 atom stereocenters. The first kappa shape index (κ1) is 14.0. The Hall–Kier alpha value is -1.00. The lowest BCUT2D eigenvalue weighted by Gasteiger charge is -2.28. The zero-order valence-electron chi connectivity index (χ0n) is 11.8. The molecule has 0 radical (unpaired) electrons. The van der Waals surface area contributed by atoms with Crippen molar-refractivity contribution in [2.24, 2.45) is 0 Å². The van der Waals surface area contributed by atoms with Gasteiger partial charge in [-0.1, -0.05) is 0 Å². The van der Waals surface area contributed by atoms with Crippen LogP contribution in [-0.2, 0) is 0 Å². The van der Waals surface area contributed by atoms with Gasteiger partial charge >= 0.3 is 0 Å². The smallest absolute Gasteiger partial charge is 0.254 e. The summed E-state index contributed by atoms with van der Waals surface area (Å²) in [6.07, 6.45) is 4.90. The van der Waals surface area contributed by atoms with Crippen molar-refractivity contribution < 1.29 is 4.79 Å². The SMILES string of the molecule is O=C(c1ccc(S)cc1)N1CCC[C@H]1CN1CCCC1. The van der Waals surface area contributed by atoms with Crippen molar-refractivity contribution in [1.29, 1.82) is 0 Å². The van der Waals surface area contributed by atoms with E-state index in [0.717, 1.165) is 36.4 Å². The largest absolute Gasteiger partial charge is 0.334 e. The van der Waals surface area contributed by atoms with Crippen molar-refractivity contribution in [2.75, 3.05) is 26.2 Å². The highest BCUT2D eigenvalue weighted by Gasteiger charge is 2.31. The van der Waals surface area contributed by atoms with Crippen molar-refractivity contribution in [1.82, 2.24) is 9.80 Å². The van der Waals surface area contributed by atoms with Crippen molar-refractivity contribution >= 4 is 18.5 Å². The Bertz CT molecular complexity index is 468. The molecular weight excluding hydrogens is 268 g/mol. The molecular formula is C16H22N2OS. The summed E-state index contributed by atoms with van der Waals surface area (Å²) in [5, 5.41) is 0. The van der Waals surface area contributed by atoms with Crippen molar-refractivity contribution in [2.45, 2.75) is 36.6 Å². The standard InChI is InChI=1S/C16H22N2OS/c19-16(13-5-7-15(20)8-6-13)18-11-3-4-14(18)12-17-9-1-2-10-17/h5-8,14,20H,1-4,9-12H2/t14-/m0/s1. The number of likely N-dealkylation sites (tertiary alicyclic amines) is 2. The Balaban J connectivity index is 1.67. The summed E-state index contributed by atoms with van der Waals surface area (Å²) in [6, 6.07) is 7.95. The molecule has 4 heteroatoms. The monoisotopic (exact) mass is 290 g/mol. The van der Waals surface area contributed by atoms with Gasteiger partial charge in [0, 0.05) is 29.6 Å². The highest BCUT2D eigenvalue weighted by atomic mass is 32.1. The van der Waals surface area contributed by atoms with Gasteiger partial charge in [-0.05, 0) is 63.0 Å². The first-order valence-electron chi connectivity index (χ1n) is 7.56. The highest BCUT2D eigenvalue weighted by molar-refractivity contribution is 7.80.